The zero-order chi connectivity index (χ0) is 13.3. The van der Waals surface area contributed by atoms with Crippen LogP contribution in [0.1, 0.15) is 33.1 Å². The predicted octanol–water partition coefficient (Wildman–Crippen LogP) is 4.96. The van der Waals surface area contributed by atoms with Crippen molar-refractivity contribution in [1.82, 2.24) is 0 Å². The van der Waals surface area contributed by atoms with E-state index in [0.29, 0.717) is 22.0 Å². The number of benzene rings is 1. The Hall–Kier alpha value is -0.640. The number of nitrogens with one attached hydrogen (secondary N) is 1. The summed E-state index contributed by atoms with van der Waals surface area (Å²) in [6.07, 6.45) is 3.30. The molecule has 0 spiro atoms. The maximum atomic E-state index is 13.7. The first kappa shape index (κ1) is 13.8. The van der Waals surface area contributed by atoms with Gasteiger partial charge in [0, 0.05) is 16.6 Å². The molecule has 1 nitrogen and oxygen atoms in total. The van der Waals surface area contributed by atoms with Gasteiger partial charge in [-0.3, -0.25) is 0 Å². The van der Waals surface area contributed by atoms with Crippen molar-refractivity contribution in [1.29, 1.82) is 0 Å². The van der Waals surface area contributed by atoms with Crippen LogP contribution in [0.25, 0.3) is 0 Å². The van der Waals surface area contributed by atoms with Gasteiger partial charge >= 0.3 is 0 Å². The molecule has 0 heterocycles. The van der Waals surface area contributed by atoms with Crippen LogP contribution < -0.4 is 5.32 Å². The Kier molecular flexibility index (Phi) is 4.25. The van der Waals surface area contributed by atoms with Crippen molar-refractivity contribution >= 4 is 21.6 Å². The highest BCUT2D eigenvalue weighted by Crippen LogP contribution is 2.33. The third-order valence-corrected chi connectivity index (χ3v) is 4.16. The lowest BCUT2D eigenvalue weighted by Crippen LogP contribution is -2.30. The van der Waals surface area contributed by atoms with Gasteiger partial charge in [0.1, 0.15) is 11.6 Å². The van der Waals surface area contributed by atoms with Crippen LogP contribution in [0, 0.1) is 23.5 Å². The lowest BCUT2D eigenvalue weighted by molar-refractivity contribution is 0.280. The molecule has 100 valence electrons. The molecule has 18 heavy (non-hydrogen) atoms. The highest BCUT2D eigenvalue weighted by atomic mass is 79.9. The average molecular weight is 318 g/mol. The lowest BCUT2D eigenvalue weighted by atomic mass is 9.80. The van der Waals surface area contributed by atoms with Gasteiger partial charge in [-0.05, 0) is 53.1 Å². The summed E-state index contributed by atoms with van der Waals surface area (Å²) in [5.74, 6) is 0.199. The summed E-state index contributed by atoms with van der Waals surface area (Å²) in [5.41, 5.74) is 0.378. The summed E-state index contributed by atoms with van der Waals surface area (Å²) < 4.78 is 27.2. The zero-order valence-electron chi connectivity index (χ0n) is 10.6. The Morgan fingerprint density at radius 1 is 1.11 bits per heavy atom. The molecule has 1 saturated carbocycles. The maximum absolute atomic E-state index is 13.7. The molecule has 0 amide bonds. The number of halogens is 3. The van der Waals surface area contributed by atoms with E-state index >= 15 is 0 Å². The Morgan fingerprint density at radius 2 is 1.72 bits per heavy atom. The minimum Gasteiger partial charge on any atom is -0.379 e. The van der Waals surface area contributed by atoms with Gasteiger partial charge < -0.3 is 5.32 Å². The minimum absolute atomic E-state index is 0.264. The number of anilines is 1. The summed E-state index contributed by atoms with van der Waals surface area (Å²) in [5, 5.41) is 3.22. The SMILES string of the molecule is CC1CC(C)CC(Nc2c(F)cc(F)cc2Br)C1. The molecule has 2 atom stereocenters. The van der Waals surface area contributed by atoms with Crippen molar-refractivity contribution in [3.8, 4) is 0 Å². The lowest BCUT2D eigenvalue weighted by Gasteiger charge is -2.33. The molecule has 2 unspecified atom stereocenters. The molecule has 1 aromatic rings. The third-order valence-electron chi connectivity index (χ3n) is 3.53. The first-order valence-corrected chi connectivity index (χ1v) is 7.16. The molecule has 1 aliphatic carbocycles. The second-order valence-electron chi connectivity index (χ2n) is 5.50. The van der Waals surface area contributed by atoms with Crippen molar-refractivity contribution in [2.24, 2.45) is 11.8 Å². The largest absolute Gasteiger partial charge is 0.379 e. The minimum atomic E-state index is -0.560. The summed E-state index contributed by atoms with van der Waals surface area (Å²) in [4.78, 5) is 0. The third kappa shape index (κ3) is 3.22. The Labute approximate surface area is 115 Å². The van der Waals surface area contributed by atoms with Crippen molar-refractivity contribution in [2.45, 2.75) is 39.2 Å². The van der Waals surface area contributed by atoms with Crippen LogP contribution in [-0.4, -0.2) is 6.04 Å². The highest BCUT2D eigenvalue weighted by molar-refractivity contribution is 9.10. The van der Waals surface area contributed by atoms with Crippen molar-refractivity contribution < 1.29 is 8.78 Å². The molecule has 0 radical (unpaired) electrons. The Morgan fingerprint density at radius 3 is 2.28 bits per heavy atom. The second-order valence-corrected chi connectivity index (χ2v) is 6.36. The molecule has 0 bridgehead atoms. The maximum Gasteiger partial charge on any atom is 0.150 e. The van der Waals surface area contributed by atoms with E-state index < -0.39 is 11.6 Å². The van der Waals surface area contributed by atoms with Crippen molar-refractivity contribution in [3.05, 3.63) is 28.2 Å². The fraction of sp³-hybridized carbons (Fsp3) is 0.571. The normalized spacial score (nSPS) is 28.2. The molecule has 0 aliphatic heterocycles. The first-order valence-electron chi connectivity index (χ1n) is 6.36. The second kappa shape index (κ2) is 5.55. The standard InChI is InChI=1S/C14H18BrF2N/c1-8-3-9(2)5-11(4-8)18-14-12(15)6-10(16)7-13(14)17/h6-9,11,18H,3-5H2,1-2H3. The number of hydrogen-bond acceptors (Lipinski definition) is 1. The van der Waals surface area contributed by atoms with Crippen molar-refractivity contribution in [2.75, 3.05) is 5.32 Å². The fourth-order valence-corrected chi connectivity index (χ4v) is 3.47. The monoisotopic (exact) mass is 317 g/mol. The summed E-state index contributed by atoms with van der Waals surface area (Å²) in [6, 6.07) is 2.48. The Bertz CT molecular complexity index is 403. The van der Waals surface area contributed by atoms with Crippen molar-refractivity contribution in [3.63, 3.8) is 0 Å². The molecule has 4 heteroatoms. The number of rotatable bonds is 2. The molecule has 1 fully saturated rings. The van der Waals surface area contributed by atoms with Crippen LogP contribution in [0.3, 0.4) is 0 Å². The summed E-state index contributed by atoms with van der Waals surface area (Å²) in [7, 11) is 0. The van der Waals surface area contributed by atoms with Gasteiger partial charge in [0.25, 0.3) is 0 Å². The smallest absolute Gasteiger partial charge is 0.150 e. The van der Waals surface area contributed by atoms with Gasteiger partial charge in [0.2, 0.25) is 0 Å². The predicted molar refractivity (Wildman–Crippen MR) is 73.6 cm³/mol. The van der Waals surface area contributed by atoms with Gasteiger partial charge in [-0.2, -0.15) is 0 Å². The van der Waals surface area contributed by atoms with E-state index in [0.717, 1.165) is 18.9 Å². The van der Waals surface area contributed by atoms with Gasteiger partial charge in [0.15, 0.2) is 0 Å². The molecule has 0 aromatic heterocycles. The molecule has 1 aliphatic rings. The van der Waals surface area contributed by atoms with E-state index in [-0.39, 0.29) is 6.04 Å². The van der Waals surface area contributed by atoms with Crippen LogP contribution in [-0.2, 0) is 0 Å². The summed E-state index contributed by atoms with van der Waals surface area (Å²) in [6.45, 7) is 4.45. The van der Waals surface area contributed by atoms with E-state index in [1.807, 2.05) is 0 Å². The molecular formula is C14H18BrF2N. The average Bonchev–Trinajstić information content (AvgIpc) is 2.22. The van der Waals surface area contributed by atoms with E-state index in [9.17, 15) is 8.78 Å². The van der Waals surface area contributed by atoms with E-state index in [4.69, 9.17) is 0 Å². The van der Waals surface area contributed by atoms with Gasteiger partial charge in [-0.1, -0.05) is 13.8 Å². The van der Waals surface area contributed by atoms with E-state index in [1.54, 1.807) is 0 Å². The van der Waals surface area contributed by atoms with Gasteiger partial charge in [-0.15, -0.1) is 0 Å². The number of hydrogen-bond donors (Lipinski definition) is 1. The van der Waals surface area contributed by atoms with E-state index in [2.05, 4.69) is 35.1 Å². The van der Waals surface area contributed by atoms with Crippen LogP contribution >= 0.6 is 15.9 Å². The quantitative estimate of drug-likeness (QED) is 0.812. The fourth-order valence-electron chi connectivity index (χ4n) is 2.95. The first-order chi connectivity index (χ1) is 8.45. The van der Waals surface area contributed by atoms with Crippen LogP contribution in [0.5, 0.6) is 0 Å². The summed E-state index contributed by atoms with van der Waals surface area (Å²) >= 11 is 3.21. The topological polar surface area (TPSA) is 12.0 Å². The van der Waals surface area contributed by atoms with Crippen LogP contribution in [0.4, 0.5) is 14.5 Å². The molecule has 1 N–H and O–H groups in total. The molecule has 2 rings (SSSR count). The highest BCUT2D eigenvalue weighted by Gasteiger charge is 2.25. The zero-order valence-corrected chi connectivity index (χ0v) is 12.2. The van der Waals surface area contributed by atoms with Crippen LogP contribution in [0.2, 0.25) is 0 Å². The molecular weight excluding hydrogens is 300 g/mol. The van der Waals surface area contributed by atoms with Crippen LogP contribution in [0.15, 0.2) is 16.6 Å². The Balaban J connectivity index is 2.14. The molecule has 1 aromatic carbocycles. The van der Waals surface area contributed by atoms with Gasteiger partial charge in [0.05, 0.1) is 5.69 Å². The van der Waals surface area contributed by atoms with E-state index in [1.165, 1.54) is 12.5 Å². The van der Waals surface area contributed by atoms with Gasteiger partial charge in [-0.25, -0.2) is 8.78 Å². The molecule has 0 saturated heterocycles.